The van der Waals surface area contributed by atoms with Crippen molar-refractivity contribution in [3.8, 4) is 0 Å². The number of amides is 2. The van der Waals surface area contributed by atoms with Crippen LogP contribution in [0.15, 0.2) is 10.6 Å². The van der Waals surface area contributed by atoms with E-state index in [9.17, 15) is 9.59 Å². The van der Waals surface area contributed by atoms with E-state index in [1.807, 2.05) is 6.92 Å². The molecule has 0 aliphatic carbocycles. The Morgan fingerprint density at radius 3 is 2.52 bits per heavy atom. The minimum Gasteiger partial charge on any atom is -0.360 e. The van der Waals surface area contributed by atoms with Gasteiger partial charge in [-0.15, -0.1) is 0 Å². The molecule has 1 aromatic heterocycles. The lowest BCUT2D eigenvalue weighted by atomic mass is 10.2. The van der Waals surface area contributed by atoms with Crippen LogP contribution in [0, 0.1) is 6.92 Å². The Balaban J connectivity index is 1.76. The van der Waals surface area contributed by atoms with Crippen molar-refractivity contribution in [2.45, 2.75) is 19.9 Å². The van der Waals surface area contributed by atoms with Crippen molar-refractivity contribution < 1.29 is 14.1 Å². The van der Waals surface area contributed by atoms with Crippen molar-refractivity contribution >= 4 is 17.6 Å². The lowest BCUT2D eigenvalue weighted by Gasteiger charge is -2.37. The van der Waals surface area contributed by atoms with Gasteiger partial charge in [0, 0.05) is 46.3 Å². The zero-order valence-corrected chi connectivity index (χ0v) is 14.2. The van der Waals surface area contributed by atoms with Crippen LogP contribution in [0.25, 0.3) is 0 Å². The maximum absolute atomic E-state index is 12.0. The summed E-state index contributed by atoms with van der Waals surface area (Å²) >= 11 is 0. The summed E-state index contributed by atoms with van der Waals surface area (Å²) in [6.45, 7) is 7.09. The number of carbonyl (C=O) groups excluding carboxylic acids is 2. The number of hydrogen-bond acceptors (Lipinski definition) is 6. The molecule has 0 bridgehead atoms. The number of aromatic nitrogens is 1. The maximum atomic E-state index is 12.0. The second kappa shape index (κ2) is 7.56. The molecule has 1 saturated heterocycles. The Morgan fingerprint density at radius 2 is 2.00 bits per heavy atom. The van der Waals surface area contributed by atoms with Crippen LogP contribution in [-0.4, -0.2) is 84.5 Å². The molecule has 1 fully saturated rings. The van der Waals surface area contributed by atoms with E-state index >= 15 is 0 Å². The van der Waals surface area contributed by atoms with Crippen LogP contribution in [0.2, 0.25) is 0 Å². The number of carbonyl (C=O) groups is 2. The number of anilines is 1. The van der Waals surface area contributed by atoms with Crippen LogP contribution in [0.1, 0.15) is 12.7 Å². The molecule has 8 nitrogen and oxygen atoms in total. The number of piperazine rings is 1. The van der Waals surface area contributed by atoms with Gasteiger partial charge in [-0.1, -0.05) is 5.16 Å². The Labute approximate surface area is 136 Å². The quantitative estimate of drug-likeness (QED) is 0.822. The molecule has 1 aromatic rings. The molecule has 1 unspecified atom stereocenters. The molecule has 0 radical (unpaired) electrons. The molecule has 0 saturated carbocycles. The smallest absolute Gasteiger partial charge is 0.239 e. The maximum Gasteiger partial charge on any atom is 0.239 e. The second-order valence-electron chi connectivity index (χ2n) is 6.09. The van der Waals surface area contributed by atoms with Crippen molar-refractivity contribution in [1.82, 2.24) is 19.9 Å². The minimum atomic E-state index is -0.126. The van der Waals surface area contributed by atoms with E-state index in [-0.39, 0.29) is 17.9 Å². The van der Waals surface area contributed by atoms with Crippen LogP contribution >= 0.6 is 0 Å². The first-order chi connectivity index (χ1) is 10.9. The monoisotopic (exact) mass is 323 g/mol. The summed E-state index contributed by atoms with van der Waals surface area (Å²) in [5.41, 5.74) is 0. The first-order valence-electron chi connectivity index (χ1n) is 7.77. The third-order valence-corrected chi connectivity index (χ3v) is 4.02. The fourth-order valence-electron chi connectivity index (χ4n) is 2.65. The Bertz CT molecular complexity index is 549. The lowest BCUT2D eigenvalue weighted by Crippen LogP contribution is -2.54. The molecular weight excluding hydrogens is 298 g/mol. The number of nitrogens with zero attached hydrogens (tertiary/aromatic N) is 4. The van der Waals surface area contributed by atoms with Crippen molar-refractivity contribution in [1.29, 1.82) is 0 Å². The predicted molar refractivity (Wildman–Crippen MR) is 86.0 cm³/mol. The van der Waals surface area contributed by atoms with Gasteiger partial charge >= 0.3 is 0 Å². The molecule has 128 valence electrons. The Kier molecular flexibility index (Phi) is 5.73. The molecule has 23 heavy (non-hydrogen) atoms. The molecule has 1 aliphatic rings. The average Bonchev–Trinajstić information content (AvgIpc) is 2.91. The van der Waals surface area contributed by atoms with E-state index < -0.39 is 0 Å². The number of aryl methyl sites for hydroxylation is 1. The summed E-state index contributed by atoms with van der Waals surface area (Å²) in [5.74, 6) is 1.10. The van der Waals surface area contributed by atoms with Crippen LogP contribution in [0.4, 0.5) is 5.82 Å². The van der Waals surface area contributed by atoms with Crippen LogP contribution < -0.4 is 5.32 Å². The van der Waals surface area contributed by atoms with Crippen molar-refractivity contribution in [2.75, 3.05) is 52.1 Å². The standard InChI is InChI=1S/C15H25N5O3/c1-11-9-13(17-23-11)16-14(21)10-19-5-7-20(8-6-19)12(2)15(22)18(3)4/h9,12H,5-8,10H2,1-4H3,(H,16,17,21). The van der Waals surface area contributed by atoms with E-state index in [1.165, 1.54) is 0 Å². The van der Waals surface area contributed by atoms with Gasteiger partial charge in [0.1, 0.15) is 5.76 Å². The molecule has 2 heterocycles. The summed E-state index contributed by atoms with van der Waals surface area (Å²) in [6.07, 6.45) is 0. The van der Waals surface area contributed by atoms with Crippen molar-refractivity contribution in [3.05, 3.63) is 11.8 Å². The van der Waals surface area contributed by atoms with Gasteiger partial charge in [0.25, 0.3) is 0 Å². The van der Waals surface area contributed by atoms with E-state index in [4.69, 9.17) is 4.52 Å². The van der Waals surface area contributed by atoms with E-state index in [1.54, 1.807) is 32.0 Å². The van der Waals surface area contributed by atoms with Gasteiger partial charge in [-0.3, -0.25) is 19.4 Å². The van der Waals surface area contributed by atoms with Gasteiger partial charge in [0.05, 0.1) is 12.6 Å². The minimum absolute atomic E-state index is 0.107. The molecule has 1 atom stereocenters. The predicted octanol–water partition coefficient (Wildman–Crippen LogP) is 0.0158. The highest BCUT2D eigenvalue weighted by atomic mass is 16.5. The van der Waals surface area contributed by atoms with Crippen LogP contribution in [-0.2, 0) is 9.59 Å². The van der Waals surface area contributed by atoms with Gasteiger partial charge in [0.2, 0.25) is 11.8 Å². The van der Waals surface area contributed by atoms with Crippen molar-refractivity contribution in [3.63, 3.8) is 0 Å². The number of hydrogen-bond donors (Lipinski definition) is 1. The summed E-state index contributed by atoms with van der Waals surface area (Å²) < 4.78 is 4.92. The molecule has 2 rings (SSSR count). The summed E-state index contributed by atoms with van der Waals surface area (Å²) in [5, 5.41) is 6.46. The first-order valence-corrected chi connectivity index (χ1v) is 7.77. The van der Waals surface area contributed by atoms with Gasteiger partial charge in [-0.05, 0) is 13.8 Å². The molecule has 1 N–H and O–H groups in total. The third kappa shape index (κ3) is 4.77. The Morgan fingerprint density at radius 1 is 1.35 bits per heavy atom. The fraction of sp³-hybridized carbons (Fsp3) is 0.667. The normalized spacial score (nSPS) is 17.7. The Hall–Kier alpha value is -1.93. The number of nitrogens with one attached hydrogen (secondary N) is 1. The largest absolute Gasteiger partial charge is 0.360 e. The zero-order chi connectivity index (χ0) is 17.0. The molecule has 0 spiro atoms. The number of rotatable bonds is 5. The van der Waals surface area contributed by atoms with Gasteiger partial charge in [0.15, 0.2) is 5.82 Å². The molecule has 8 heteroatoms. The van der Waals surface area contributed by atoms with Crippen LogP contribution in [0.3, 0.4) is 0 Å². The summed E-state index contributed by atoms with van der Waals surface area (Å²) in [6, 6.07) is 1.56. The molecular formula is C15H25N5O3. The first kappa shape index (κ1) is 17.4. The highest BCUT2D eigenvalue weighted by Crippen LogP contribution is 2.10. The SMILES string of the molecule is Cc1cc(NC(=O)CN2CCN(C(C)C(=O)N(C)C)CC2)no1. The van der Waals surface area contributed by atoms with E-state index in [0.29, 0.717) is 18.1 Å². The second-order valence-corrected chi connectivity index (χ2v) is 6.09. The lowest BCUT2D eigenvalue weighted by molar-refractivity contribution is -0.134. The molecule has 2 amide bonds. The van der Waals surface area contributed by atoms with Crippen molar-refractivity contribution in [2.24, 2.45) is 0 Å². The highest BCUT2D eigenvalue weighted by molar-refractivity contribution is 5.91. The van der Waals surface area contributed by atoms with Gasteiger partial charge in [-0.25, -0.2) is 0 Å². The summed E-state index contributed by atoms with van der Waals surface area (Å²) in [4.78, 5) is 29.8. The van der Waals surface area contributed by atoms with Gasteiger partial charge in [-0.2, -0.15) is 0 Å². The van der Waals surface area contributed by atoms with E-state index in [0.717, 1.165) is 26.2 Å². The molecule has 0 aromatic carbocycles. The fourth-order valence-corrected chi connectivity index (χ4v) is 2.65. The number of likely N-dealkylation sites (N-methyl/N-ethyl adjacent to an activating group) is 1. The molecule has 1 aliphatic heterocycles. The highest BCUT2D eigenvalue weighted by Gasteiger charge is 2.27. The summed E-state index contributed by atoms with van der Waals surface area (Å²) in [7, 11) is 3.54. The topological polar surface area (TPSA) is 81.9 Å². The third-order valence-electron chi connectivity index (χ3n) is 4.02. The van der Waals surface area contributed by atoms with Gasteiger partial charge < -0.3 is 14.7 Å². The van der Waals surface area contributed by atoms with E-state index in [2.05, 4.69) is 20.3 Å². The zero-order valence-electron chi connectivity index (χ0n) is 14.2. The van der Waals surface area contributed by atoms with Crippen LogP contribution in [0.5, 0.6) is 0 Å². The average molecular weight is 323 g/mol.